The monoisotopic (exact) mass is 245 g/mol. The Morgan fingerprint density at radius 3 is 1.50 bits per heavy atom. The molecule has 0 unspecified atom stereocenters. The van der Waals surface area contributed by atoms with Gasteiger partial charge in [-0.3, -0.25) is 0 Å². The molecule has 0 aliphatic carbocycles. The molecule has 0 bridgehead atoms. The Labute approximate surface area is 91.2 Å². The van der Waals surface area contributed by atoms with Crippen LogP contribution >= 0.6 is 0 Å². The molecule has 0 amide bonds. The first-order valence-electron chi connectivity index (χ1n) is 3.89. The van der Waals surface area contributed by atoms with Gasteiger partial charge in [0.25, 0.3) is 0 Å². The fraction of sp³-hybridized carbons (Fsp3) is 0.111. The first kappa shape index (κ1) is 12.8. The van der Waals surface area contributed by atoms with Crippen LogP contribution in [-0.2, 0) is 18.3 Å². The Balaban J connectivity index is 0.000000791. The van der Waals surface area contributed by atoms with E-state index in [9.17, 15) is 9.59 Å². The summed E-state index contributed by atoms with van der Waals surface area (Å²) in [6.07, 6.45) is 0. The van der Waals surface area contributed by atoms with Gasteiger partial charge in [-0.25, -0.2) is 9.59 Å². The van der Waals surface area contributed by atoms with E-state index in [0.717, 1.165) is 0 Å². The molecule has 14 heavy (non-hydrogen) atoms. The van der Waals surface area contributed by atoms with Crippen LogP contribution in [0.25, 0.3) is 0 Å². The summed E-state index contributed by atoms with van der Waals surface area (Å²) in [6.45, 7) is 0. The van der Waals surface area contributed by atoms with Crippen molar-refractivity contribution in [2.45, 2.75) is 5.52 Å². The number of benzene rings is 1. The molecule has 5 heteroatoms. The van der Waals surface area contributed by atoms with Crippen molar-refractivity contribution in [1.29, 1.82) is 0 Å². The maximum atomic E-state index is 10.5. The summed E-state index contributed by atoms with van der Waals surface area (Å²) in [5, 5.41) is 17.1. The second-order valence-corrected chi connectivity index (χ2v) is 2.16. The minimum absolute atomic E-state index is 0.190. The van der Waals surface area contributed by atoms with Crippen LogP contribution in [-0.4, -0.2) is 22.2 Å². The number of carbonyl (C=O) groups is 2. The number of carboxylic acid groups (broad SMARTS) is 2. The van der Waals surface area contributed by atoms with Crippen molar-refractivity contribution in [3.8, 4) is 0 Å². The summed E-state index contributed by atoms with van der Waals surface area (Å²) in [7, 11) is 0. The van der Waals surface area contributed by atoms with Gasteiger partial charge in [0.2, 0.25) is 0 Å². The van der Waals surface area contributed by atoms with Gasteiger partial charge in [0, 0.05) is 0 Å². The SMILES string of the molecule is O=C(O)c1ccccc1C(=O)O.[CH3][Zn]. The molecule has 0 saturated carbocycles. The van der Waals surface area contributed by atoms with E-state index < -0.39 is 11.9 Å². The average molecular weight is 247 g/mol. The van der Waals surface area contributed by atoms with Gasteiger partial charge in [0.1, 0.15) is 0 Å². The van der Waals surface area contributed by atoms with Gasteiger partial charge in [0.15, 0.2) is 0 Å². The van der Waals surface area contributed by atoms with E-state index in [1.54, 1.807) is 0 Å². The standard InChI is InChI=1S/C8H6O4.CH3.Zn/c9-7(10)5-3-1-2-4-6(5)8(11)12;;/h1-4H,(H,9,10)(H,11,12);1H3;. The fourth-order valence-electron chi connectivity index (χ4n) is 0.856. The molecule has 4 nitrogen and oxygen atoms in total. The van der Waals surface area contributed by atoms with Gasteiger partial charge in [-0.05, 0) is 12.1 Å². The van der Waals surface area contributed by atoms with Crippen molar-refractivity contribution in [2.75, 3.05) is 0 Å². The molecular weight excluding hydrogens is 237 g/mol. The van der Waals surface area contributed by atoms with Crippen LogP contribution in [0.4, 0.5) is 0 Å². The molecule has 0 atom stereocenters. The predicted octanol–water partition coefficient (Wildman–Crippen LogP) is 1.66. The van der Waals surface area contributed by atoms with E-state index in [1.807, 2.05) is 0 Å². The second kappa shape index (κ2) is 6.27. The molecule has 71 valence electrons. The van der Waals surface area contributed by atoms with Crippen LogP contribution in [0.5, 0.6) is 0 Å². The average Bonchev–Trinajstić information content (AvgIpc) is 2.20. The Morgan fingerprint density at radius 1 is 1.00 bits per heavy atom. The van der Waals surface area contributed by atoms with Gasteiger partial charge < -0.3 is 10.2 Å². The molecule has 2 N–H and O–H groups in total. The number of rotatable bonds is 2. The topological polar surface area (TPSA) is 74.6 Å². The van der Waals surface area contributed by atoms with Crippen molar-refractivity contribution in [3.05, 3.63) is 35.4 Å². The Morgan fingerprint density at radius 2 is 1.29 bits per heavy atom. The van der Waals surface area contributed by atoms with Gasteiger partial charge in [0.05, 0.1) is 11.1 Å². The first-order chi connectivity index (χ1) is 6.63. The molecule has 0 saturated heterocycles. The van der Waals surface area contributed by atoms with Crippen LogP contribution in [0, 0.1) is 0 Å². The van der Waals surface area contributed by atoms with Crippen molar-refractivity contribution < 1.29 is 38.1 Å². The zero-order valence-electron chi connectivity index (χ0n) is 7.73. The molecule has 0 fully saturated rings. The molecule has 1 rings (SSSR count). The molecule has 0 aliphatic rings. The summed E-state index contributed by atoms with van der Waals surface area (Å²) in [5.41, 5.74) is 1.75. The number of aromatic carboxylic acids is 2. The van der Waals surface area contributed by atoms with Crippen LogP contribution in [0.2, 0.25) is 5.52 Å². The van der Waals surface area contributed by atoms with Gasteiger partial charge in [-0.15, -0.1) is 0 Å². The first-order valence-corrected chi connectivity index (χ1v) is 6.86. The van der Waals surface area contributed by atoms with E-state index in [0.29, 0.717) is 0 Å². The predicted molar refractivity (Wildman–Crippen MR) is 46.2 cm³/mol. The third-order valence-corrected chi connectivity index (χ3v) is 1.39. The summed E-state index contributed by atoms with van der Waals surface area (Å²) in [6, 6.07) is 5.48. The van der Waals surface area contributed by atoms with Crippen molar-refractivity contribution in [1.82, 2.24) is 0 Å². The van der Waals surface area contributed by atoms with Gasteiger partial charge in [-0.2, -0.15) is 0 Å². The zero-order chi connectivity index (χ0) is 11.1. The van der Waals surface area contributed by atoms with E-state index in [1.165, 1.54) is 42.6 Å². The van der Waals surface area contributed by atoms with E-state index >= 15 is 0 Å². The molecular formula is C9H9O4Zn. The molecule has 0 aromatic heterocycles. The Hall–Kier alpha value is -1.22. The third kappa shape index (κ3) is 3.26. The van der Waals surface area contributed by atoms with E-state index in [-0.39, 0.29) is 11.1 Å². The molecule has 1 aromatic carbocycles. The van der Waals surface area contributed by atoms with Crippen LogP contribution in [0.1, 0.15) is 20.7 Å². The Bertz CT molecular complexity index is 302. The molecule has 0 heterocycles. The number of hydrogen-bond acceptors (Lipinski definition) is 2. The van der Waals surface area contributed by atoms with Gasteiger partial charge >= 0.3 is 35.8 Å². The van der Waals surface area contributed by atoms with E-state index in [4.69, 9.17) is 10.2 Å². The zero-order valence-corrected chi connectivity index (χ0v) is 10.7. The number of carboxylic acids is 2. The summed E-state index contributed by atoms with van der Waals surface area (Å²) in [5.74, 6) is -2.46. The van der Waals surface area contributed by atoms with Crippen LogP contribution in [0.3, 0.4) is 0 Å². The quantitative estimate of drug-likeness (QED) is 0.779. The summed E-state index contributed by atoms with van der Waals surface area (Å²) < 4.78 is 0. The molecule has 0 spiro atoms. The van der Waals surface area contributed by atoms with Crippen molar-refractivity contribution in [2.24, 2.45) is 0 Å². The third-order valence-electron chi connectivity index (χ3n) is 1.39. The van der Waals surface area contributed by atoms with E-state index in [2.05, 4.69) is 5.52 Å². The molecule has 0 radical (unpaired) electrons. The summed E-state index contributed by atoms with van der Waals surface area (Å²) >= 11 is 1.38. The molecule has 0 aliphatic heterocycles. The Kier molecular flexibility index (Phi) is 5.72. The van der Waals surface area contributed by atoms with Crippen LogP contribution < -0.4 is 0 Å². The minimum atomic E-state index is -1.23. The second-order valence-electron chi connectivity index (χ2n) is 2.16. The summed E-state index contributed by atoms with van der Waals surface area (Å²) in [4.78, 5) is 20.9. The van der Waals surface area contributed by atoms with Crippen molar-refractivity contribution in [3.63, 3.8) is 0 Å². The molecule has 1 aromatic rings. The maximum absolute atomic E-state index is 10.5. The number of hydrogen-bond donors (Lipinski definition) is 2. The van der Waals surface area contributed by atoms with Crippen molar-refractivity contribution >= 4 is 11.9 Å². The fourth-order valence-corrected chi connectivity index (χ4v) is 0.856. The van der Waals surface area contributed by atoms with Gasteiger partial charge in [-0.1, -0.05) is 12.1 Å². The van der Waals surface area contributed by atoms with Crippen LogP contribution in [0.15, 0.2) is 24.3 Å². The normalized spacial score (nSPS) is 8.50.